The number of methoxy groups -OCH3 is 1. The Bertz CT molecular complexity index is 303. The fourth-order valence-electron chi connectivity index (χ4n) is 0.707. The highest BCUT2D eigenvalue weighted by molar-refractivity contribution is 5.65. The van der Waals surface area contributed by atoms with Crippen molar-refractivity contribution in [3.05, 3.63) is 0 Å². The minimum absolute atomic E-state index is 0.0119. The van der Waals surface area contributed by atoms with E-state index in [1.165, 1.54) is 7.11 Å². The van der Waals surface area contributed by atoms with Crippen molar-refractivity contribution in [1.82, 2.24) is 9.97 Å². The highest BCUT2D eigenvalue weighted by Gasteiger charge is 2.08. The molecule has 0 aliphatic carbocycles. The Balaban J connectivity index is 2.92. The second kappa shape index (κ2) is 3.76. The molecule has 0 saturated carbocycles. The Labute approximate surface area is 74.8 Å². The lowest BCUT2D eigenvalue weighted by Crippen LogP contribution is -2.09. The van der Waals surface area contributed by atoms with Gasteiger partial charge in [-0.3, -0.25) is 0 Å². The van der Waals surface area contributed by atoms with Crippen LogP contribution in [-0.2, 0) is 4.74 Å². The van der Waals surface area contributed by atoms with Crippen LogP contribution in [-0.4, -0.2) is 23.9 Å². The lowest BCUT2D eigenvalue weighted by molar-refractivity contribution is 0.0485. The van der Waals surface area contributed by atoms with Crippen LogP contribution in [0.5, 0.6) is 5.88 Å². The summed E-state index contributed by atoms with van der Waals surface area (Å²) in [6.45, 7) is 0.0279. The maximum Gasteiger partial charge on any atom is 0.246 e. The predicted molar refractivity (Wildman–Crippen MR) is 47.8 cm³/mol. The minimum Gasteiger partial charge on any atom is -0.449 e. The Morgan fingerprint density at radius 1 is 1.23 bits per heavy atom. The Kier molecular flexibility index (Phi) is 2.70. The quantitative estimate of drug-likeness (QED) is 0.527. The molecule has 7 nitrogen and oxygen atoms in total. The zero-order valence-corrected chi connectivity index (χ0v) is 7.15. The maximum atomic E-state index is 5.51. The van der Waals surface area contributed by atoms with E-state index in [0.29, 0.717) is 0 Å². The third-order valence-corrected chi connectivity index (χ3v) is 1.27. The zero-order valence-electron chi connectivity index (χ0n) is 7.15. The molecule has 0 saturated heterocycles. The standard InChI is InChI=1S/C6H11N5O2/c1-12-2-13-5-3(7)4(8)10-6(9)11-5/h2,7H2,1H3,(H4,8,9,10,11). The maximum absolute atomic E-state index is 5.51. The van der Waals surface area contributed by atoms with Crippen LogP contribution in [0.3, 0.4) is 0 Å². The summed E-state index contributed by atoms with van der Waals surface area (Å²) < 4.78 is 9.65. The summed E-state index contributed by atoms with van der Waals surface area (Å²) in [6, 6.07) is 0. The van der Waals surface area contributed by atoms with Gasteiger partial charge in [0.15, 0.2) is 12.6 Å². The molecule has 0 radical (unpaired) electrons. The first-order valence-corrected chi connectivity index (χ1v) is 3.45. The summed E-state index contributed by atoms with van der Waals surface area (Å²) >= 11 is 0. The SMILES string of the molecule is COCOc1nc(N)nc(N)c1N. The van der Waals surface area contributed by atoms with Gasteiger partial charge in [-0.1, -0.05) is 0 Å². The topological polar surface area (TPSA) is 122 Å². The van der Waals surface area contributed by atoms with Crippen molar-refractivity contribution in [2.75, 3.05) is 31.1 Å². The van der Waals surface area contributed by atoms with E-state index in [0.717, 1.165) is 0 Å². The second-order valence-electron chi connectivity index (χ2n) is 2.24. The van der Waals surface area contributed by atoms with E-state index in [9.17, 15) is 0 Å². The first-order chi connectivity index (χ1) is 6.15. The van der Waals surface area contributed by atoms with E-state index in [4.69, 9.17) is 21.9 Å². The van der Waals surface area contributed by atoms with E-state index in [1.807, 2.05) is 0 Å². The predicted octanol–water partition coefficient (Wildman–Crippen LogP) is -0.794. The van der Waals surface area contributed by atoms with Gasteiger partial charge in [-0.05, 0) is 0 Å². The largest absolute Gasteiger partial charge is 0.449 e. The lowest BCUT2D eigenvalue weighted by Gasteiger charge is -2.07. The van der Waals surface area contributed by atoms with Gasteiger partial charge in [-0.15, -0.1) is 0 Å². The highest BCUT2D eigenvalue weighted by Crippen LogP contribution is 2.23. The van der Waals surface area contributed by atoms with E-state index >= 15 is 0 Å². The van der Waals surface area contributed by atoms with Gasteiger partial charge < -0.3 is 26.7 Å². The molecule has 0 atom stereocenters. The summed E-state index contributed by atoms with van der Waals surface area (Å²) in [7, 11) is 1.48. The molecule has 72 valence electrons. The molecule has 0 aliphatic rings. The van der Waals surface area contributed by atoms with E-state index < -0.39 is 0 Å². The van der Waals surface area contributed by atoms with Gasteiger partial charge in [-0.2, -0.15) is 9.97 Å². The summed E-state index contributed by atoms with van der Waals surface area (Å²) in [6.07, 6.45) is 0. The van der Waals surface area contributed by atoms with Crippen LogP contribution >= 0.6 is 0 Å². The number of hydrogen-bond donors (Lipinski definition) is 3. The molecule has 1 rings (SSSR count). The van der Waals surface area contributed by atoms with E-state index in [2.05, 4.69) is 14.7 Å². The van der Waals surface area contributed by atoms with Crippen molar-refractivity contribution >= 4 is 17.5 Å². The van der Waals surface area contributed by atoms with Gasteiger partial charge in [0.1, 0.15) is 5.69 Å². The molecule has 0 aromatic carbocycles. The fourth-order valence-corrected chi connectivity index (χ4v) is 0.707. The van der Waals surface area contributed by atoms with Crippen molar-refractivity contribution in [3.63, 3.8) is 0 Å². The number of anilines is 3. The molecular formula is C6H11N5O2. The van der Waals surface area contributed by atoms with Crippen LogP contribution in [0.4, 0.5) is 17.5 Å². The third kappa shape index (κ3) is 2.09. The van der Waals surface area contributed by atoms with E-state index in [-0.39, 0.29) is 30.1 Å². The van der Waals surface area contributed by atoms with Crippen LogP contribution < -0.4 is 21.9 Å². The molecule has 0 unspecified atom stereocenters. The van der Waals surface area contributed by atoms with Gasteiger partial charge >= 0.3 is 0 Å². The summed E-state index contributed by atoms with van der Waals surface area (Å²) in [5.74, 6) is 0.239. The first-order valence-electron chi connectivity index (χ1n) is 3.45. The van der Waals surface area contributed by atoms with Crippen LogP contribution in [0.25, 0.3) is 0 Å². The van der Waals surface area contributed by atoms with Gasteiger partial charge in [-0.25, -0.2) is 0 Å². The molecule has 0 amide bonds. The zero-order chi connectivity index (χ0) is 9.84. The number of aromatic nitrogens is 2. The molecule has 0 fully saturated rings. The monoisotopic (exact) mass is 185 g/mol. The average molecular weight is 185 g/mol. The molecule has 13 heavy (non-hydrogen) atoms. The number of rotatable bonds is 3. The van der Waals surface area contributed by atoms with Crippen molar-refractivity contribution in [2.45, 2.75) is 0 Å². The smallest absolute Gasteiger partial charge is 0.246 e. The molecule has 0 aliphatic heterocycles. The number of nitrogens with two attached hydrogens (primary N) is 3. The Morgan fingerprint density at radius 2 is 1.92 bits per heavy atom. The van der Waals surface area contributed by atoms with E-state index in [1.54, 1.807) is 0 Å². The molecule has 1 aromatic heterocycles. The molecule has 7 heteroatoms. The fraction of sp³-hybridized carbons (Fsp3) is 0.333. The van der Waals surface area contributed by atoms with Gasteiger partial charge in [0.25, 0.3) is 0 Å². The van der Waals surface area contributed by atoms with Crippen LogP contribution in [0.15, 0.2) is 0 Å². The van der Waals surface area contributed by atoms with Crippen LogP contribution in [0.1, 0.15) is 0 Å². The summed E-state index contributed by atoms with van der Waals surface area (Å²) in [5, 5.41) is 0. The number of nitrogen functional groups attached to an aromatic ring is 3. The first kappa shape index (κ1) is 9.33. The minimum atomic E-state index is 0.0119. The van der Waals surface area contributed by atoms with Gasteiger partial charge in [0.05, 0.1) is 0 Å². The molecule has 0 spiro atoms. The molecule has 0 bridgehead atoms. The van der Waals surface area contributed by atoms with Crippen molar-refractivity contribution in [1.29, 1.82) is 0 Å². The Morgan fingerprint density at radius 3 is 2.54 bits per heavy atom. The second-order valence-corrected chi connectivity index (χ2v) is 2.24. The lowest BCUT2D eigenvalue weighted by atomic mass is 10.5. The Hall–Kier alpha value is -1.76. The molecule has 6 N–H and O–H groups in total. The molecule has 1 heterocycles. The number of hydrogen-bond acceptors (Lipinski definition) is 7. The van der Waals surface area contributed by atoms with Crippen LogP contribution in [0, 0.1) is 0 Å². The van der Waals surface area contributed by atoms with Crippen molar-refractivity contribution in [2.24, 2.45) is 0 Å². The number of ether oxygens (including phenoxy) is 2. The van der Waals surface area contributed by atoms with Crippen LogP contribution in [0.2, 0.25) is 0 Å². The van der Waals surface area contributed by atoms with Gasteiger partial charge in [0, 0.05) is 7.11 Å². The third-order valence-electron chi connectivity index (χ3n) is 1.27. The molecule has 1 aromatic rings. The van der Waals surface area contributed by atoms with Crippen molar-refractivity contribution < 1.29 is 9.47 Å². The average Bonchev–Trinajstić information content (AvgIpc) is 2.09. The summed E-state index contributed by atoms with van der Waals surface area (Å²) in [4.78, 5) is 7.37. The normalized spacial score (nSPS) is 9.92. The van der Waals surface area contributed by atoms with Crippen molar-refractivity contribution in [3.8, 4) is 5.88 Å². The van der Waals surface area contributed by atoms with Gasteiger partial charge in [0.2, 0.25) is 11.8 Å². The number of nitrogens with zero attached hydrogens (tertiary/aromatic N) is 2. The molecular weight excluding hydrogens is 174 g/mol. The summed E-state index contributed by atoms with van der Waals surface area (Å²) in [5.41, 5.74) is 16.4. The highest BCUT2D eigenvalue weighted by atomic mass is 16.7.